The van der Waals surface area contributed by atoms with E-state index >= 15 is 0 Å². The molecule has 0 aliphatic carbocycles. The molecule has 1 fully saturated rings. The van der Waals surface area contributed by atoms with Gasteiger partial charge in [0.2, 0.25) is 30.0 Å². The van der Waals surface area contributed by atoms with E-state index in [0.717, 1.165) is 19.5 Å². The third-order valence-electron chi connectivity index (χ3n) is 5.22. The molecule has 0 amide bonds. The fourth-order valence-corrected chi connectivity index (χ4v) is 22.6. The Morgan fingerprint density at radius 3 is 1.06 bits per heavy atom. The molecule has 0 aromatic heterocycles. The summed E-state index contributed by atoms with van der Waals surface area (Å²) in [4.78, 5) is 0. The van der Waals surface area contributed by atoms with Crippen molar-refractivity contribution in [1.82, 2.24) is 38.2 Å². The van der Waals surface area contributed by atoms with Crippen LogP contribution >= 0.6 is 30.0 Å². The molecule has 2 N–H and O–H groups in total. The van der Waals surface area contributed by atoms with Crippen molar-refractivity contribution in [2.24, 2.45) is 18.1 Å². The molecular formula is C15H44N12P4. The molecule has 16 heteroatoms. The minimum atomic E-state index is -2.51. The molecule has 1 spiro atoms. The summed E-state index contributed by atoms with van der Waals surface area (Å²) in [6.07, 6.45) is 1.05. The lowest BCUT2D eigenvalue weighted by Crippen LogP contribution is -2.33. The number of hydrogen-bond donors (Lipinski definition) is 2. The van der Waals surface area contributed by atoms with Gasteiger partial charge in [-0.05, 0) is 91.0 Å². The van der Waals surface area contributed by atoms with Gasteiger partial charge in [-0.2, -0.15) is 18.1 Å². The van der Waals surface area contributed by atoms with Crippen molar-refractivity contribution in [2.75, 3.05) is 97.7 Å². The van der Waals surface area contributed by atoms with Gasteiger partial charge in [0.15, 0.2) is 0 Å². The Hall–Kier alpha value is 0.600. The second-order valence-corrected chi connectivity index (χ2v) is 21.5. The molecule has 0 aromatic rings. The van der Waals surface area contributed by atoms with Crippen LogP contribution in [0.3, 0.4) is 0 Å². The summed E-state index contributed by atoms with van der Waals surface area (Å²) in [7, 11) is 14.9. The molecule has 2 aliphatic rings. The molecule has 2 rings (SSSR count). The monoisotopic (exact) mass is 516 g/mol. The van der Waals surface area contributed by atoms with Crippen molar-refractivity contribution in [2.45, 2.75) is 6.42 Å². The SMILES string of the molecule is CN(C)P1(N(C)C)=NP2(=NP(N(C)C)(N(C)C)=NP(N(C)C)(N(C)C)=N1)NCCCN2. The van der Waals surface area contributed by atoms with Gasteiger partial charge < -0.3 is 0 Å². The normalized spacial score (nSPS) is 24.7. The average Bonchev–Trinajstić information content (AvgIpc) is 2.63. The highest BCUT2D eigenvalue weighted by molar-refractivity contribution is 7.83. The largest absolute Gasteiger partial charge is 0.253 e. The second-order valence-electron chi connectivity index (χ2n) is 8.82. The van der Waals surface area contributed by atoms with Gasteiger partial charge in [0.1, 0.15) is 0 Å². The van der Waals surface area contributed by atoms with Crippen molar-refractivity contribution in [1.29, 1.82) is 0 Å². The number of rotatable bonds is 6. The van der Waals surface area contributed by atoms with Gasteiger partial charge >= 0.3 is 0 Å². The zero-order valence-electron chi connectivity index (χ0n) is 21.4. The van der Waals surface area contributed by atoms with E-state index in [9.17, 15) is 0 Å². The molecule has 0 bridgehead atoms. The van der Waals surface area contributed by atoms with Gasteiger partial charge in [0.25, 0.3) is 0 Å². The number of hydrogen-bond acceptors (Lipinski definition) is 12. The van der Waals surface area contributed by atoms with Crippen molar-refractivity contribution < 1.29 is 0 Å². The summed E-state index contributed by atoms with van der Waals surface area (Å²) >= 11 is 0. The lowest BCUT2D eigenvalue weighted by atomic mass is 10.4. The standard InChI is InChI=1S/C15H44N12P4/c1-22(2)29(23(3)4)18-28(16-14-13-15-17-28)19-30(24(5)6,25(7)8)21-31(20-29,26(9)10)27(11)12/h16-17H,13-15H2,1-12H3. The van der Waals surface area contributed by atoms with Crippen LogP contribution in [-0.2, 0) is 0 Å². The molecule has 12 nitrogen and oxygen atoms in total. The van der Waals surface area contributed by atoms with E-state index in [4.69, 9.17) is 18.1 Å². The van der Waals surface area contributed by atoms with Crippen molar-refractivity contribution >= 4 is 30.0 Å². The van der Waals surface area contributed by atoms with Gasteiger partial charge in [-0.15, -0.1) is 0 Å². The van der Waals surface area contributed by atoms with Crippen LogP contribution < -0.4 is 10.2 Å². The highest BCUT2D eigenvalue weighted by atomic mass is 31.3. The zero-order valence-corrected chi connectivity index (χ0v) is 25.0. The fraction of sp³-hybridized carbons (Fsp3) is 1.00. The Kier molecular flexibility index (Phi) is 9.04. The smallest absolute Gasteiger partial charge is 0.220 e. The van der Waals surface area contributed by atoms with E-state index in [2.05, 4.69) is 123 Å². The first-order valence-corrected chi connectivity index (χ1v) is 16.8. The first-order chi connectivity index (χ1) is 14.2. The summed E-state index contributed by atoms with van der Waals surface area (Å²) < 4.78 is 35.6. The number of nitrogens with zero attached hydrogens (tertiary/aromatic N) is 10. The molecule has 0 unspecified atom stereocenters. The fourth-order valence-electron chi connectivity index (χ4n) is 3.51. The van der Waals surface area contributed by atoms with Crippen LogP contribution in [0.25, 0.3) is 0 Å². The van der Waals surface area contributed by atoms with E-state index in [1.165, 1.54) is 0 Å². The molecule has 0 radical (unpaired) electrons. The van der Waals surface area contributed by atoms with Gasteiger partial charge in [0.05, 0.1) is 0 Å². The molecule has 0 atom stereocenters. The zero-order chi connectivity index (χ0) is 23.8. The summed E-state index contributed by atoms with van der Waals surface area (Å²) in [5.74, 6) is 0. The van der Waals surface area contributed by atoms with Crippen molar-refractivity contribution in [3.63, 3.8) is 0 Å². The molecule has 1 saturated heterocycles. The van der Waals surface area contributed by atoms with Crippen molar-refractivity contribution in [3.05, 3.63) is 0 Å². The van der Waals surface area contributed by atoms with E-state index in [1.807, 2.05) is 0 Å². The van der Waals surface area contributed by atoms with Crippen LogP contribution in [0, 0.1) is 0 Å². The molecule has 31 heavy (non-hydrogen) atoms. The van der Waals surface area contributed by atoms with Gasteiger partial charge in [-0.1, -0.05) is 0 Å². The van der Waals surface area contributed by atoms with Gasteiger partial charge in [0, 0.05) is 13.1 Å². The van der Waals surface area contributed by atoms with Crippen LogP contribution in [0.1, 0.15) is 6.42 Å². The number of nitrogens with one attached hydrogen (secondary N) is 2. The minimum Gasteiger partial charge on any atom is -0.253 e. The average molecular weight is 516 g/mol. The summed E-state index contributed by atoms with van der Waals surface area (Å²) in [6, 6.07) is 0. The highest BCUT2D eigenvalue weighted by Gasteiger charge is 2.43. The maximum atomic E-state index is 5.66. The first-order valence-electron chi connectivity index (χ1n) is 10.3. The van der Waals surface area contributed by atoms with E-state index in [0.29, 0.717) is 0 Å². The first kappa shape index (κ1) is 27.8. The van der Waals surface area contributed by atoms with Crippen LogP contribution in [0.5, 0.6) is 0 Å². The summed E-state index contributed by atoms with van der Waals surface area (Å²) in [6.45, 7) is 1.77. The van der Waals surface area contributed by atoms with Crippen molar-refractivity contribution in [3.8, 4) is 0 Å². The minimum absolute atomic E-state index is 0.886. The van der Waals surface area contributed by atoms with E-state index in [1.54, 1.807) is 0 Å². The van der Waals surface area contributed by atoms with Crippen LogP contribution in [0.4, 0.5) is 0 Å². The third kappa shape index (κ3) is 5.02. The van der Waals surface area contributed by atoms with Crippen LogP contribution in [0.15, 0.2) is 18.1 Å². The Labute approximate surface area is 190 Å². The molecule has 2 aliphatic heterocycles. The summed E-state index contributed by atoms with van der Waals surface area (Å²) in [5, 5.41) is 7.40. The highest BCUT2D eigenvalue weighted by Crippen LogP contribution is 2.79. The summed E-state index contributed by atoms with van der Waals surface area (Å²) in [5.41, 5.74) is 0. The Morgan fingerprint density at radius 1 is 0.452 bits per heavy atom. The predicted molar refractivity (Wildman–Crippen MR) is 140 cm³/mol. The Morgan fingerprint density at radius 2 is 0.742 bits per heavy atom. The predicted octanol–water partition coefficient (Wildman–Crippen LogP) is 3.74. The topological polar surface area (TPSA) is 92.9 Å². The maximum Gasteiger partial charge on any atom is 0.220 e. The third-order valence-corrected chi connectivity index (χ3v) is 20.8. The maximum absolute atomic E-state index is 5.66. The molecule has 2 heterocycles. The quantitative estimate of drug-likeness (QED) is 0.516. The Balaban J connectivity index is 3.23. The Bertz CT molecular complexity index is 813. The lowest BCUT2D eigenvalue weighted by Gasteiger charge is -2.46. The van der Waals surface area contributed by atoms with E-state index in [-0.39, 0.29) is 0 Å². The van der Waals surface area contributed by atoms with Gasteiger partial charge in [-0.3, -0.25) is 10.2 Å². The molecule has 0 saturated carbocycles. The van der Waals surface area contributed by atoms with Crippen LogP contribution in [-0.4, -0.2) is 126 Å². The molecule has 0 aromatic carbocycles. The van der Waals surface area contributed by atoms with E-state index < -0.39 is 30.0 Å². The second kappa shape index (κ2) is 10.1. The molecular weight excluding hydrogens is 472 g/mol. The van der Waals surface area contributed by atoms with Crippen LogP contribution in [0.2, 0.25) is 0 Å². The lowest BCUT2D eigenvalue weighted by molar-refractivity contribution is 0.538. The molecule has 184 valence electrons. The van der Waals surface area contributed by atoms with Gasteiger partial charge in [-0.25, -0.2) is 28.0 Å².